The average molecular weight is 368 g/mol. The highest BCUT2D eigenvalue weighted by Gasteiger charge is 2.35. The molecule has 5 nitrogen and oxygen atoms in total. The van der Waals surface area contributed by atoms with Crippen LogP contribution in [0.15, 0.2) is 54.6 Å². The number of benzene rings is 2. The predicted molar refractivity (Wildman–Crippen MR) is 108 cm³/mol. The largest absolute Gasteiger partial charge is 0.489 e. The predicted octanol–water partition coefficient (Wildman–Crippen LogP) is 4.15. The van der Waals surface area contributed by atoms with Gasteiger partial charge in [0, 0.05) is 12.2 Å². The molecule has 0 saturated heterocycles. The lowest BCUT2D eigenvalue weighted by Gasteiger charge is -2.22. The summed E-state index contributed by atoms with van der Waals surface area (Å²) in [6.07, 6.45) is 1.89. The molecule has 5 heteroatoms. The average Bonchev–Trinajstić information content (AvgIpc) is 2.68. The summed E-state index contributed by atoms with van der Waals surface area (Å²) >= 11 is 0. The number of rotatable bonds is 9. The van der Waals surface area contributed by atoms with Crippen LogP contribution in [0.3, 0.4) is 0 Å². The molecule has 0 unspecified atom stereocenters. The minimum Gasteiger partial charge on any atom is -0.489 e. The quantitative estimate of drug-likeness (QED) is 0.516. The van der Waals surface area contributed by atoms with Gasteiger partial charge in [0.1, 0.15) is 17.8 Å². The molecule has 0 bridgehead atoms. The Labute approximate surface area is 161 Å². The van der Waals surface area contributed by atoms with E-state index < -0.39 is 5.41 Å². The number of ether oxygens (including phenoxy) is 1. The fourth-order valence-electron chi connectivity index (χ4n) is 2.37. The van der Waals surface area contributed by atoms with Crippen molar-refractivity contribution < 1.29 is 14.3 Å². The summed E-state index contributed by atoms with van der Waals surface area (Å²) in [6.45, 7) is 6.37. The summed E-state index contributed by atoms with van der Waals surface area (Å²) in [4.78, 5) is 24.8. The van der Waals surface area contributed by atoms with Gasteiger partial charge in [-0.3, -0.25) is 9.59 Å². The number of unbranched alkanes of at least 4 members (excludes halogenated alkanes) is 1. The SMILES string of the molecule is CCCCNC(=O)C(C)(C)C(=O)Nc1ccc(OCc2ccccc2)cc1. The number of amides is 2. The molecule has 0 radical (unpaired) electrons. The van der Waals surface area contributed by atoms with Crippen molar-refractivity contribution in [3.05, 3.63) is 60.2 Å². The second-order valence-corrected chi connectivity index (χ2v) is 6.99. The summed E-state index contributed by atoms with van der Waals surface area (Å²) in [5.74, 6) is 0.110. The van der Waals surface area contributed by atoms with E-state index in [9.17, 15) is 9.59 Å². The van der Waals surface area contributed by atoms with Crippen LogP contribution in [0.4, 0.5) is 5.69 Å². The van der Waals surface area contributed by atoms with Crippen LogP contribution in [0.25, 0.3) is 0 Å². The van der Waals surface area contributed by atoms with E-state index in [0.29, 0.717) is 24.6 Å². The first-order chi connectivity index (χ1) is 12.9. The van der Waals surface area contributed by atoms with E-state index in [1.807, 2.05) is 30.3 Å². The molecule has 0 aromatic heterocycles. The van der Waals surface area contributed by atoms with Crippen molar-refractivity contribution in [1.82, 2.24) is 5.32 Å². The van der Waals surface area contributed by atoms with E-state index in [-0.39, 0.29) is 11.8 Å². The van der Waals surface area contributed by atoms with E-state index >= 15 is 0 Å². The molecule has 0 atom stereocenters. The normalized spacial score (nSPS) is 10.9. The van der Waals surface area contributed by atoms with Gasteiger partial charge in [0.2, 0.25) is 11.8 Å². The zero-order valence-corrected chi connectivity index (χ0v) is 16.2. The van der Waals surface area contributed by atoms with Crippen molar-refractivity contribution in [3.63, 3.8) is 0 Å². The molecule has 2 rings (SSSR count). The van der Waals surface area contributed by atoms with Crippen LogP contribution in [0, 0.1) is 5.41 Å². The van der Waals surface area contributed by atoms with Gasteiger partial charge >= 0.3 is 0 Å². The maximum Gasteiger partial charge on any atom is 0.239 e. The molecule has 0 aliphatic carbocycles. The van der Waals surface area contributed by atoms with E-state index in [1.165, 1.54) is 0 Å². The van der Waals surface area contributed by atoms with E-state index in [1.54, 1.807) is 38.1 Å². The van der Waals surface area contributed by atoms with Crippen molar-refractivity contribution in [2.45, 2.75) is 40.2 Å². The van der Waals surface area contributed by atoms with Crippen LogP contribution in [0.2, 0.25) is 0 Å². The molecular formula is C22H28N2O3. The lowest BCUT2D eigenvalue weighted by Crippen LogP contribution is -2.45. The van der Waals surface area contributed by atoms with Gasteiger partial charge in [-0.15, -0.1) is 0 Å². The van der Waals surface area contributed by atoms with Crippen LogP contribution in [0.5, 0.6) is 5.75 Å². The third-order valence-corrected chi connectivity index (χ3v) is 4.31. The molecule has 0 aliphatic heterocycles. The zero-order valence-electron chi connectivity index (χ0n) is 16.2. The third kappa shape index (κ3) is 6.13. The summed E-state index contributed by atoms with van der Waals surface area (Å²) in [5.41, 5.74) is 0.572. The van der Waals surface area contributed by atoms with Gasteiger partial charge in [0.25, 0.3) is 0 Å². The Hall–Kier alpha value is -2.82. The monoisotopic (exact) mass is 368 g/mol. The highest BCUT2D eigenvalue weighted by molar-refractivity contribution is 6.09. The number of nitrogens with one attached hydrogen (secondary N) is 2. The van der Waals surface area contributed by atoms with Gasteiger partial charge in [0.15, 0.2) is 0 Å². The van der Waals surface area contributed by atoms with Crippen molar-refractivity contribution in [3.8, 4) is 5.75 Å². The summed E-state index contributed by atoms with van der Waals surface area (Å²) < 4.78 is 5.74. The van der Waals surface area contributed by atoms with E-state index in [0.717, 1.165) is 18.4 Å². The summed E-state index contributed by atoms with van der Waals surface area (Å²) in [6, 6.07) is 17.0. The van der Waals surface area contributed by atoms with Crippen LogP contribution in [-0.2, 0) is 16.2 Å². The molecule has 0 fully saturated rings. The molecule has 2 N–H and O–H groups in total. The molecule has 2 aromatic rings. The Bertz CT molecular complexity index is 740. The minimum atomic E-state index is -1.14. The van der Waals surface area contributed by atoms with Gasteiger partial charge in [-0.25, -0.2) is 0 Å². The number of carbonyl (C=O) groups excluding carboxylic acids is 2. The molecule has 144 valence electrons. The molecule has 0 aliphatic rings. The second-order valence-electron chi connectivity index (χ2n) is 6.99. The molecule has 2 aromatic carbocycles. The first kappa shape index (κ1) is 20.5. The first-order valence-electron chi connectivity index (χ1n) is 9.30. The number of hydrogen-bond donors (Lipinski definition) is 2. The standard InChI is InChI=1S/C22H28N2O3/c1-4-5-15-23-20(25)22(2,3)21(26)24-18-11-13-19(14-12-18)27-16-17-9-7-6-8-10-17/h6-14H,4-5,15-16H2,1-3H3,(H,23,25)(H,24,26). The van der Waals surface area contributed by atoms with Gasteiger partial charge in [0.05, 0.1) is 0 Å². The summed E-state index contributed by atoms with van der Waals surface area (Å²) in [5, 5.41) is 5.61. The number of anilines is 1. The van der Waals surface area contributed by atoms with E-state index in [4.69, 9.17) is 4.74 Å². The highest BCUT2D eigenvalue weighted by Crippen LogP contribution is 2.21. The second kappa shape index (κ2) is 9.76. The smallest absolute Gasteiger partial charge is 0.239 e. The first-order valence-corrected chi connectivity index (χ1v) is 9.30. The fraction of sp³-hybridized carbons (Fsp3) is 0.364. The van der Waals surface area contributed by atoms with Crippen LogP contribution in [0.1, 0.15) is 39.2 Å². The molecule has 0 heterocycles. The molecular weight excluding hydrogens is 340 g/mol. The molecule has 0 spiro atoms. The maximum atomic E-state index is 12.5. The Balaban J connectivity index is 1.89. The number of carbonyl (C=O) groups is 2. The number of hydrogen-bond acceptors (Lipinski definition) is 3. The Morgan fingerprint density at radius 2 is 1.63 bits per heavy atom. The zero-order chi connectivity index (χ0) is 19.7. The van der Waals surface area contributed by atoms with Crippen LogP contribution >= 0.6 is 0 Å². The highest BCUT2D eigenvalue weighted by atomic mass is 16.5. The molecule has 0 saturated carbocycles. The van der Waals surface area contributed by atoms with E-state index in [2.05, 4.69) is 17.6 Å². The summed E-state index contributed by atoms with van der Waals surface area (Å²) in [7, 11) is 0. The van der Waals surface area contributed by atoms with Crippen molar-refractivity contribution in [1.29, 1.82) is 0 Å². The third-order valence-electron chi connectivity index (χ3n) is 4.31. The topological polar surface area (TPSA) is 67.4 Å². The Morgan fingerprint density at radius 1 is 0.963 bits per heavy atom. The molecule has 27 heavy (non-hydrogen) atoms. The Kier molecular flexibility index (Phi) is 7.41. The lowest BCUT2D eigenvalue weighted by atomic mass is 9.91. The van der Waals surface area contributed by atoms with Crippen molar-refractivity contribution >= 4 is 17.5 Å². The Morgan fingerprint density at radius 3 is 2.26 bits per heavy atom. The van der Waals surface area contributed by atoms with Gasteiger partial charge in [-0.2, -0.15) is 0 Å². The van der Waals surface area contributed by atoms with Crippen LogP contribution in [-0.4, -0.2) is 18.4 Å². The minimum absolute atomic E-state index is 0.267. The van der Waals surface area contributed by atoms with Crippen molar-refractivity contribution in [2.24, 2.45) is 5.41 Å². The maximum absolute atomic E-state index is 12.5. The van der Waals surface area contributed by atoms with Crippen LogP contribution < -0.4 is 15.4 Å². The van der Waals surface area contributed by atoms with Gasteiger partial charge in [-0.1, -0.05) is 43.7 Å². The molecule has 2 amide bonds. The fourth-order valence-corrected chi connectivity index (χ4v) is 2.37. The van der Waals surface area contributed by atoms with Gasteiger partial charge < -0.3 is 15.4 Å². The lowest BCUT2D eigenvalue weighted by molar-refractivity contribution is -0.138. The van der Waals surface area contributed by atoms with Crippen molar-refractivity contribution in [2.75, 3.05) is 11.9 Å². The van der Waals surface area contributed by atoms with Gasteiger partial charge in [-0.05, 0) is 50.1 Å².